The van der Waals surface area contributed by atoms with Crippen molar-refractivity contribution in [2.75, 3.05) is 26.1 Å². The van der Waals surface area contributed by atoms with E-state index in [0.717, 1.165) is 23.4 Å². The standard InChI is InChI=1S/C23H24ClN3O2S/c1-28-21-11-6-17(15-22(21)29-2)12-14-27(16-20-5-3-4-13-25-20)23(30)26-19-9-7-18(24)8-10-19/h3-11,13,15H,12,14,16H2,1-2H3,(H,26,30). The van der Waals surface area contributed by atoms with Crippen molar-refractivity contribution in [1.29, 1.82) is 0 Å². The molecule has 0 amide bonds. The van der Waals surface area contributed by atoms with Crippen LogP contribution in [0.1, 0.15) is 11.3 Å². The highest BCUT2D eigenvalue weighted by Gasteiger charge is 2.13. The molecule has 0 radical (unpaired) electrons. The lowest BCUT2D eigenvalue weighted by Gasteiger charge is -2.26. The Labute approximate surface area is 187 Å². The van der Waals surface area contributed by atoms with E-state index in [1.807, 2.05) is 60.7 Å². The van der Waals surface area contributed by atoms with Crippen molar-refractivity contribution in [2.45, 2.75) is 13.0 Å². The highest BCUT2D eigenvalue weighted by Crippen LogP contribution is 2.27. The van der Waals surface area contributed by atoms with Crippen LogP contribution in [0.25, 0.3) is 0 Å². The van der Waals surface area contributed by atoms with E-state index in [9.17, 15) is 0 Å². The van der Waals surface area contributed by atoms with Gasteiger partial charge < -0.3 is 19.7 Å². The molecular formula is C23H24ClN3O2S. The van der Waals surface area contributed by atoms with Gasteiger partial charge in [-0.2, -0.15) is 0 Å². The molecule has 5 nitrogen and oxygen atoms in total. The first-order chi connectivity index (χ1) is 14.6. The first-order valence-electron chi connectivity index (χ1n) is 9.51. The van der Waals surface area contributed by atoms with E-state index in [4.69, 9.17) is 33.3 Å². The van der Waals surface area contributed by atoms with Crippen LogP contribution in [0.2, 0.25) is 5.02 Å². The number of aromatic nitrogens is 1. The van der Waals surface area contributed by atoms with Crippen LogP contribution in [0.4, 0.5) is 5.69 Å². The smallest absolute Gasteiger partial charge is 0.173 e. The van der Waals surface area contributed by atoms with Crippen molar-refractivity contribution in [3.63, 3.8) is 0 Å². The van der Waals surface area contributed by atoms with Crippen LogP contribution in [0.3, 0.4) is 0 Å². The van der Waals surface area contributed by atoms with Crippen LogP contribution in [-0.2, 0) is 13.0 Å². The largest absolute Gasteiger partial charge is 0.493 e. The third-order valence-corrected chi connectivity index (χ3v) is 5.19. The molecule has 0 fully saturated rings. The topological polar surface area (TPSA) is 46.6 Å². The van der Waals surface area contributed by atoms with Crippen molar-refractivity contribution in [1.82, 2.24) is 9.88 Å². The Bertz CT molecular complexity index is 968. The Balaban J connectivity index is 1.73. The van der Waals surface area contributed by atoms with Crippen LogP contribution in [0.15, 0.2) is 66.9 Å². The summed E-state index contributed by atoms with van der Waals surface area (Å²) in [7, 11) is 3.27. The Hall–Kier alpha value is -2.83. The number of nitrogens with one attached hydrogen (secondary N) is 1. The predicted molar refractivity (Wildman–Crippen MR) is 126 cm³/mol. The van der Waals surface area contributed by atoms with Gasteiger partial charge in [-0.15, -0.1) is 0 Å². The Morgan fingerprint density at radius 2 is 1.80 bits per heavy atom. The highest BCUT2D eigenvalue weighted by atomic mass is 35.5. The molecule has 0 saturated carbocycles. The number of hydrogen-bond donors (Lipinski definition) is 1. The maximum Gasteiger partial charge on any atom is 0.173 e. The zero-order valence-corrected chi connectivity index (χ0v) is 18.5. The number of anilines is 1. The maximum absolute atomic E-state index is 5.98. The average molecular weight is 442 g/mol. The fourth-order valence-electron chi connectivity index (χ4n) is 2.98. The van der Waals surface area contributed by atoms with Crippen molar-refractivity contribution < 1.29 is 9.47 Å². The number of rotatable bonds is 8. The second-order valence-electron chi connectivity index (χ2n) is 6.62. The van der Waals surface area contributed by atoms with E-state index in [2.05, 4.69) is 15.2 Å². The minimum Gasteiger partial charge on any atom is -0.493 e. The molecule has 0 aliphatic heterocycles. The van der Waals surface area contributed by atoms with Gasteiger partial charge in [0.05, 0.1) is 26.5 Å². The third kappa shape index (κ3) is 6.08. The SMILES string of the molecule is COc1ccc(CCN(Cc2ccccn2)C(=S)Nc2ccc(Cl)cc2)cc1OC. The molecular weight excluding hydrogens is 418 g/mol. The van der Waals surface area contributed by atoms with Crippen LogP contribution in [0, 0.1) is 0 Å². The summed E-state index contributed by atoms with van der Waals surface area (Å²) < 4.78 is 10.7. The summed E-state index contributed by atoms with van der Waals surface area (Å²) in [5.41, 5.74) is 2.97. The predicted octanol–water partition coefficient (Wildman–Crippen LogP) is 5.19. The summed E-state index contributed by atoms with van der Waals surface area (Å²) in [5.74, 6) is 1.43. The van der Waals surface area contributed by atoms with Crippen molar-refractivity contribution >= 4 is 34.6 Å². The number of thiocarbonyl (C=S) groups is 1. The Morgan fingerprint density at radius 1 is 1.03 bits per heavy atom. The molecule has 0 bridgehead atoms. The lowest BCUT2D eigenvalue weighted by atomic mass is 10.1. The normalized spacial score (nSPS) is 10.4. The number of methoxy groups -OCH3 is 2. The number of ether oxygens (including phenoxy) is 2. The summed E-state index contributed by atoms with van der Waals surface area (Å²) in [4.78, 5) is 6.54. The Morgan fingerprint density at radius 3 is 2.47 bits per heavy atom. The van der Waals surface area contributed by atoms with Gasteiger partial charge in [-0.1, -0.05) is 23.7 Å². The van der Waals surface area contributed by atoms with Gasteiger partial charge >= 0.3 is 0 Å². The fraction of sp³-hybridized carbons (Fsp3) is 0.217. The molecule has 156 valence electrons. The summed E-state index contributed by atoms with van der Waals surface area (Å²) in [6.45, 7) is 1.32. The molecule has 7 heteroatoms. The van der Waals surface area contributed by atoms with Gasteiger partial charge in [0, 0.05) is 23.5 Å². The zero-order valence-electron chi connectivity index (χ0n) is 17.0. The van der Waals surface area contributed by atoms with Crippen LogP contribution in [-0.4, -0.2) is 35.8 Å². The lowest BCUT2D eigenvalue weighted by Crippen LogP contribution is -2.36. The number of halogens is 1. The number of hydrogen-bond acceptors (Lipinski definition) is 4. The lowest BCUT2D eigenvalue weighted by molar-refractivity contribution is 0.354. The molecule has 0 atom stereocenters. The van der Waals surface area contributed by atoms with Gasteiger partial charge in [0.2, 0.25) is 0 Å². The first kappa shape index (κ1) is 21.9. The van der Waals surface area contributed by atoms with Crippen LogP contribution >= 0.6 is 23.8 Å². The van der Waals surface area contributed by atoms with Gasteiger partial charge in [0.15, 0.2) is 16.6 Å². The van der Waals surface area contributed by atoms with E-state index in [1.165, 1.54) is 0 Å². The molecule has 0 aliphatic rings. The average Bonchev–Trinajstić information content (AvgIpc) is 2.78. The summed E-state index contributed by atoms with van der Waals surface area (Å²) in [6.07, 6.45) is 2.58. The van der Waals surface area contributed by atoms with Gasteiger partial charge in [-0.25, -0.2) is 0 Å². The van der Waals surface area contributed by atoms with E-state index in [-0.39, 0.29) is 0 Å². The van der Waals surface area contributed by atoms with Gasteiger partial charge in [0.1, 0.15) is 0 Å². The second-order valence-corrected chi connectivity index (χ2v) is 7.44. The molecule has 2 aromatic carbocycles. The van der Waals surface area contributed by atoms with Crippen LogP contribution < -0.4 is 14.8 Å². The zero-order chi connectivity index (χ0) is 21.3. The van der Waals surface area contributed by atoms with Crippen LogP contribution in [0.5, 0.6) is 11.5 Å². The highest BCUT2D eigenvalue weighted by molar-refractivity contribution is 7.80. The first-order valence-corrected chi connectivity index (χ1v) is 10.3. The van der Waals surface area contributed by atoms with E-state index in [0.29, 0.717) is 34.7 Å². The monoisotopic (exact) mass is 441 g/mol. The minimum atomic E-state index is 0.605. The summed E-state index contributed by atoms with van der Waals surface area (Å²) >= 11 is 11.7. The van der Waals surface area contributed by atoms with Crippen molar-refractivity contribution in [2.24, 2.45) is 0 Å². The quantitative estimate of drug-likeness (QED) is 0.485. The van der Waals surface area contributed by atoms with Crippen molar-refractivity contribution in [3.05, 3.63) is 83.1 Å². The number of nitrogens with zero attached hydrogens (tertiary/aromatic N) is 2. The molecule has 30 heavy (non-hydrogen) atoms. The number of pyridine rings is 1. The second kappa shape index (κ2) is 10.8. The third-order valence-electron chi connectivity index (χ3n) is 4.58. The molecule has 0 spiro atoms. The minimum absolute atomic E-state index is 0.605. The summed E-state index contributed by atoms with van der Waals surface area (Å²) in [6, 6.07) is 19.3. The van der Waals surface area contributed by atoms with Crippen molar-refractivity contribution in [3.8, 4) is 11.5 Å². The molecule has 1 heterocycles. The number of benzene rings is 2. The van der Waals surface area contributed by atoms with E-state index in [1.54, 1.807) is 20.4 Å². The van der Waals surface area contributed by atoms with Gasteiger partial charge in [-0.3, -0.25) is 4.98 Å². The molecule has 0 unspecified atom stereocenters. The molecule has 1 aromatic heterocycles. The summed E-state index contributed by atoms with van der Waals surface area (Å²) in [5, 5.41) is 4.61. The van der Waals surface area contributed by atoms with E-state index >= 15 is 0 Å². The molecule has 0 aliphatic carbocycles. The fourth-order valence-corrected chi connectivity index (χ4v) is 3.38. The Kier molecular flexibility index (Phi) is 7.88. The van der Waals surface area contributed by atoms with Gasteiger partial charge in [-0.05, 0) is 72.7 Å². The molecule has 0 saturated heterocycles. The maximum atomic E-state index is 5.98. The molecule has 3 rings (SSSR count). The molecule has 3 aromatic rings. The molecule has 1 N–H and O–H groups in total. The van der Waals surface area contributed by atoms with E-state index < -0.39 is 0 Å². The van der Waals surface area contributed by atoms with Gasteiger partial charge in [0.25, 0.3) is 0 Å².